The Morgan fingerprint density at radius 1 is 1.32 bits per heavy atom. The highest BCUT2D eigenvalue weighted by Gasteiger charge is 2.37. The second kappa shape index (κ2) is 6.43. The molecule has 1 aliphatic heterocycles. The molecule has 25 heavy (non-hydrogen) atoms. The van der Waals surface area contributed by atoms with Crippen LogP contribution >= 0.6 is 11.3 Å². The first-order chi connectivity index (χ1) is 11.8. The van der Waals surface area contributed by atoms with E-state index in [1.54, 1.807) is 6.07 Å². The van der Waals surface area contributed by atoms with Gasteiger partial charge in [-0.15, -0.1) is 11.3 Å². The maximum atomic E-state index is 13.8. The molecule has 0 aliphatic carbocycles. The van der Waals surface area contributed by atoms with Gasteiger partial charge < -0.3 is 10.2 Å². The van der Waals surface area contributed by atoms with Gasteiger partial charge in [-0.2, -0.15) is 13.2 Å². The van der Waals surface area contributed by atoms with Crippen LogP contribution in [0, 0.1) is 11.7 Å². The molecule has 0 spiro atoms. The van der Waals surface area contributed by atoms with Gasteiger partial charge in [-0.25, -0.2) is 9.37 Å². The normalized spacial score (nSPS) is 17.8. The predicted octanol–water partition coefficient (Wildman–Crippen LogP) is 3.29. The summed E-state index contributed by atoms with van der Waals surface area (Å²) in [6, 6.07) is 5.66. The Hall–Kier alpha value is -2.49. The smallest absolute Gasteiger partial charge is 0.309 e. The molecule has 3 rings (SSSR count). The van der Waals surface area contributed by atoms with Crippen molar-refractivity contribution < 1.29 is 27.2 Å². The topological polar surface area (TPSA) is 62.3 Å². The van der Waals surface area contributed by atoms with Crippen molar-refractivity contribution in [1.82, 2.24) is 4.98 Å². The number of halogens is 4. The maximum Gasteiger partial charge on any atom is 0.434 e. The van der Waals surface area contributed by atoms with Gasteiger partial charge in [0.1, 0.15) is 5.82 Å². The minimum Gasteiger partial charge on any atom is -0.309 e. The first-order valence-corrected chi connectivity index (χ1v) is 8.02. The molecule has 1 fully saturated rings. The number of thiazole rings is 1. The molecule has 0 saturated carbocycles. The molecule has 1 aromatic carbocycles. The van der Waals surface area contributed by atoms with Crippen LogP contribution < -0.4 is 10.2 Å². The average molecular weight is 373 g/mol. The van der Waals surface area contributed by atoms with E-state index < -0.39 is 35.4 Å². The van der Waals surface area contributed by atoms with Crippen molar-refractivity contribution in [3.63, 3.8) is 0 Å². The van der Waals surface area contributed by atoms with E-state index in [1.165, 1.54) is 18.2 Å². The number of nitrogens with one attached hydrogen (secondary N) is 1. The zero-order valence-electron chi connectivity index (χ0n) is 12.5. The number of carbonyl (C=O) groups excluding carboxylic acids is 2. The van der Waals surface area contributed by atoms with Crippen molar-refractivity contribution >= 4 is 34.0 Å². The number of hydrogen-bond donors (Lipinski definition) is 1. The Bertz CT molecular complexity index is 821. The second-order valence-electron chi connectivity index (χ2n) is 5.38. The van der Waals surface area contributed by atoms with E-state index in [0.717, 1.165) is 10.3 Å². The van der Waals surface area contributed by atoms with Gasteiger partial charge in [0.15, 0.2) is 10.8 Å². The van der Waals surface area contributed by atoms with E-state index in [2.05, 4.69) is 10.3 Å². The van der Waals surface area contributed by atoms with Gasteiger partial charge in [-0.05, 0) is 12.1 Å². The minimum atomic E-state index is -4.59. The number of rotatable bonds is 3. The van der Waals surface area contributed by atoms with Gasteiger partial charge >= 0.3 is 6.18 Å². The molecular weight excluding hydrogens is 362 g/mol. The van der Waals surface area contributed by atoms with E-state index in [-0.39, 0.29) is 23.8 Å². The number of aromatic nitrogens is 1. The van der Waals surface area contributed by atoms with Crippen LogP contribution in [0.3, 0.4) is 0 Å². The van der Waals surface area contributed by atoms with Gasteiger partial charge in [0, 0.05) is 18.3 Å². The van der Waals surface area contributed by atoms with Gasteiger partial charge in [-0.1, -0.05) is 12.1 Å². The van der Waals surface area contributed by atoms with Crippen molar-refractivity contribution in [3.8, 4) is 0 Å². The minimum absolute atomic E-state index is 0.0525. The first kappa shape index (κ1) is 17.3. The molecule has 1 aromatic heterocycles. The van der Waals surface area contributed by atoms with Gasteiger partial charge in [0.2, 0.25) is 11.8 Å². The van der Waals surface area contributed by atoms with Gasteiger partial charge in [-0.3, -0.25) is 9.59 Å². The van der Waals surface area contributed by atoms with Gasteiger partial charge in [0.25, 0.3) is 0 Å². The fourth-order valence-electron chi connectivity index (χ4n) is 2.46. The highest BCUT2D eigenvalue weighted by atomic mass is 32.1. The number of anilines is 2. The molecule has 0 bridgehead atoms. The van der Waals surface area contributed by atoms with Crippen LogP contribution in [0.4, 0.5) is 28.4 Å². The predicted molar refractivity (Wildman–Crippen MR) is 82.6 cm³/mol. The van der Waals surface area contributed by atoms with Crippen molar-refractivity contribution in [3.05, 3.63) is 41.2 Å². The highest BCUT2D eigenvalue weighted by Crippen LogP contribution is 2.32. The molecule has 2 heterocycles. The standard InChI is InChI=1S/C15H11F4N3O2S/c16-9-3-1-2-4-10(9)22-6-8(5-12(22)23)13(24)21-14-20-11(7-25-14)15(17,18)19/h1-4,7-8H,5-6H2,(H,20,21,24). The number of hydrogen-bond acceptors (Lipinski definition) is 4. The molecule has 0 radical (unpaired) electrons. The molecular formula is C15H11F4N3O2S. The van der Waals surface area contributed by atoms with Crippen molar-refractivity contribution in [2.45, 2.75) is 12.6 Å². The summed E-state index contributed by atoms with van der Waals surface area (Å²) in [4.78, 5) is 28.7. The molecule has 132 valence electrons. The number of para-hydroxylation sites is 1. The molecule has 1 unspecified atom stereocenters. The van der Waals surface area contributed by atoms with Crippen LogP contribution in [0.15, 0.2) is 29.6 Å². The lowest BCUT2D eigenvalue weighted by Gasteiger charge is -2.17. The van der Waals surface area contributed by atoms with Crippen molar-refractivity contribution in [2.75, 3.05) is 16.8 Å². The Kier molecular flexibility index (Phi) is 4.46. The Labute approximate surface area is 143 Å². The number of nitrogens with zero attached hydrogens (tertiary/aromatic N) is 2. The lowest BCUT2D eigenvalue weighted by molar-refractivity contribution is -0.140. The second-order valence-corrected chi connectivity index (χ2v) is 6.24. The van der Waals surface area contributed by atoms with Crippen molar-refractivity contribution in [1.29, 1.82) is 0 Å². The SMILES string of the molecule is O=C(Nc1nc(C(F)(F)F)cs1)C1CC(=O)N(c2ccccc2F)C1. The summed E-state index contributed by atoms with van der Waals surface area (Å²) in [5.74, 6) is -2.45. The molecule has 1 atom stereocenters. The third-order valence-electron chi connectivity index (χ3n) is 3.66. The van der Waals surface area contributed by atoms with Crippen LogP contribution in [0.2, 0.25) is 0 Å². The maximum absolute atomic E-state index is 13.8. The number of amides is 2. The van der Waals surface area contributed by atoms with Crippen LogP contribution in [-0.2, 0) is 15.8 Å². The molecule has 1 N–H and O–H groups in total. The van der Waals surface area contributed by atoms with E-state index in [1.807, 2.05) is 0 Å². The monoisotopic (exact) mass is 373 g/mol. The fraction of sp³-hybridized carbons (Fsp3) is 0.267. The summed E-state index contributed by atoms with van der Waals surface area (Å²) in [7, 11) is 0. The molecule has 2 aromatic rings. The summed E-state index contributed by atoms with van der Waals surface area (Å²) in [6.07, 6.45) is -4.75. The quantitative estimate of drug-likeness (QED) is 0.840. The third-order valence-corrected chi connectivity index (χ3v) is 4.42. The summed E-state index contributed by atoms with van der Waals surface area (Å²) in [5.41, 5.74) is -1.03. The summed E-state index contributed by atoms with van der Waals surface area (Å²) in [5, 5.41) is 2.87. The molecule has 5 nitrogen and oxygen atoms in total. The molecule has 1 saturated heterocycles. The number of alkyl halides is 3. The summed E-state index contributed by atoms with van der Waals surface area (Å²) >= 11 is 0.642. The van der Waals surface area contributed by atoms with Crippen LogP contribution in [-0.4, -0.2) is 23.3 Å². The summed E-state index contributed by atoms with van der Waals surface area (Å²) in [6.45, 7) is -0.0525. The zero-order chi connectivity index (χ0) is 18.2. The average Bonchev–Trinajstić information content (AvgIpc) is 3.14. The first-order valence-electron chi connectivity index (χ1n) is 7.14. The van der Waals surface area contributed by atoms with Gasteiger partial charge in [0.05, 0.1) is 11.6 Å². The van der Waals surface area contributed by atoms with E-state index in [9.17, 15) is 27.2 Å². The number of carbonyl (C=O) groups is 2. The Morgan fingerprint density at radius 2 is 2.04 bits per heavy atom. The Balaban J connectivity index is 1.69. The van der Waals surface area contributed by atoms with E-state index >= 15 is 0 Å². The molecule has 1 aliphatic rings. The highest BCUT2D eigenvalue weighted by molar-refractivity contribution is 7.13. The Morgan fingerprint density at radius 3 is 2.68 bits per heavy atom. The lowest BCUT2D eigenvalue weighted by Crippen LogP contribution is -2.28. The van der Waals surface area contributed by atoms with Crippen LogP contribution in [0.25, 0.3) is 0 Å². The van der Waals surface area contributed by atoms with E-state index in [0.29, 0.717) is 11.3 Å². The number of benzene rings is 1. The molecule has 2 amide bonds. The largest absolute Gasteiger partial charge is 0.434 e. The third kappa shape index (κ3) is 3.63. The zero-order valence-corrected chi connectivity index (χ0v) is 13.3. The molecule has 10 heteroatoms. The van der Waals surface area contributed by atoms with Crippen LogP contribution in [0.5, 0.6) is 0 Å². The fourth-order valence-corrected chi connectivity index (χ4v) is 3.18. The van der Waals surface area contributed by atoms with E-state index in [4.69, 9.17) is 0 Å². The van der Waals surface area contributed by atoms with Crippen molar-refractivity contribution in [2.24, 2.45) is 5.92 Å². The summed E-state index contributed by atoms with van der Waals surface area (Å²) < 4.78 is 51.3. The lowest BCUT2D eigenvalue weighted by atomic mass is 10.1. The van der Waals surface area contributed by atoms with Crippen LogP contribution in [0.1, 0.15) is 12.1 Å².